The van der Waals surface area contributed by atoms with E-state index in [2.05, 4.69) is 10.3 Å². The molecule has 1 heterocycles. The molecule has 0 unspecified atom stereocenters. The van der Waals surface area contributed by atoms with Gasteiger partial charge in [-0.2, -0.15) is 0 Å². The van der Waals surface area contributed by atoms with Crippen LogP contribution in [0.5, 0.6) is 0 Å². The first-order chi connectivity index (χ1) is 10.4. The Morgan fingerprint density at radius 1 is 1.32 bits per heavy atom. The highest BCUT2D eigenvalue weighted by Gasteiger charge is 2.16. The molecule has 0 saturated heterocycles. The van der Waals surface area contributed by atoms with Gasteiger partial charge in [-0.15, -0.1) is 0 Å². The highest BCUT2D eigenvalue weighted by Crippen LogP contribution is 2.23. The first kappa shape index (κ1) is 15.4. The minimum atomic E-state index is -0.611. The van der Waals surface area contributed by atoms with Crippen molar-refractivity contribution in [2.75, 3.05) is 5.32 Å². The highest BCUT2D eigenvalue weighted by molar-refractivity contribution is 6.04. The maximum Gasteiger partial charge on any atom is 0.274 e. The summed E-state index contributed by atoms with van der Waals surface area (Å²) in [5.41, 5.74) is 0.887. The molecule has 1 aromatic heterocycles. The number of H-pyrrole nitrogens is 1. The number of aromatic nitrogens is 1. The smallest absolute Gasteiger partial charge is 0.274 e. The number of aromatic amines is 1. The Kier molecular flexibility index (Phi) is 4.36. The molecule has 0 radical (unpaired) electrons. The molecule has 0 aliphatic heterocycles. The third-order valence-corrected chi connectivity index (χ3v) is 3.22. The Hall–Kier alpha value is -2.96. The Bertz CT molecular complexity index is 796. The summed E-state index contributed by atoms with van der Waals surface area (Å²) in [6, 6.07) is 7.48. The van der Waals surface area contributed by atoms with Crippen molar-refractivity contribution in [1.82, 2.24) is 4.98 Å². The molecule has 1 aromatic carbocycles. The molecule has 0 aliphatic carbocycles. The molecule has 2 rings (SSSR count). The number of nitro benzene ring substituents is 1. The molecule has 0 saturated carbocycles. The van der Waals surface area contributed by atoms with Gasteiger partial charge in [-0.3, -0.25) is 19.7 Å². The maximum atomic E-state index is 12.1. The summed E-state index contributed by atoms with van der Waals surface area (Å²) < 4.78 is 0. The van der Waals surface area contributed by atoms with Crippen LogP contribution in [-0.4, -0.2) is 15.8 Å². The normalized spacial score (nSPS) is 10.3. The van der Waals surface area contributed by atoms with Crippen LogP contribution in [0.1, 0.15) is 28.5 Å². The van der Waals surface area contributed by atoms with Gasteiger partial charge in [-0.1, -0.05) is 13.0 Å². The average molecular weight is 301 g/mol. The number of carbonyl (C=O) groups is 1. The summed E-state index contributed by atoms with van der Waals surface area (Å²) in [5, 5.41) is 13.5. The summed E-state index contributed by atoms with van der Waals surface area (Å²) in [5.74, 6) is -0.611. The average Bonchev–Trinajstić information content (AvgIpc) is 2.46. The Balaban J connectivity index is 2.30. The Morgan fingerprint density at radius 3 is 2.64 bits per heavy atom. The van der Waals surface area contributed by atoms with Gasteiger partial charge in [0.25, 0.3) is 17.2 Å². The van der Waals surface area contributed by atoms with Crippen LogP contribution >= 0.6 is 0 Å². The van der Waals surface area contributed by atoms with Gasteiger partial charge in [-0.05, 0) is 31.5 Å². The number of nitrogens with zero attached hydrogens (tertiary/aromatic N) is 1. The fourth-order valence-electron chi connectivity index (χ4n) is 2.06. The van der Waals surface area contributed by atoms with E-state index in [0.29, 0.717) is 17.7 Å². The van der Waals surface area contributed by atoms with Crippen molar-refractivity contribution >= 4 is 17.3 Å². The molecular formula is C15H15N3O4. The number of rotatable bonds is 4. The van der Waals surface area contributed by atoms with Crippen LogP contribution in [0.25, 0.3) is 0 Å². The topological polar surface area (TPSA) is 105 Å². The first-order valence-electron chi connectivity index (χ1n) is 6.71. The van der Waals surface area contributed by atoms with Gasteiger partial charge in [0.2, 0.25) is 0 Å². The Labute approximate surface area is 126 Å². The van der Waals surface area contributed by atoms with Gasteiger partial charge in [0, 0.05) is 23.0 Å². The SMILES string of the molecule is CCc1ccc(NC(=O)c2ccc(C)[nH]c2=O)cc1[N+](=O)[O-]. The number of hydrogen-bond donors (Lipinski definition) is 2. The van der Waals surface area contributed by atoms with Gasteiger partial charge < -0.3 is 10.3 Å². The number of amides is 1. The molecular weight excluding hydrogens is 286 g/mol. The van der Waals surface area contributed by atoms with Gasteiger partial charge in [-0.25, -0.2) is 0 Å². The molecule has 1 amide bonds. The van der Waals surface area contributed by atoms with Crippen molar-refractivity contribution in [3.05, 3.63) is 67.6 Å². The third-order valence-electron chi connectivity index (χ3n) is 3.22. The summed E-state index contributed by atoms with van der Waals surface area (Å²) >= 11 is 0. The predicted octanol–water partition coefficient (Wildman–Crippen LogP) is 2.41. The molecule has 114 valence electrons. The van der Waals surface area contributed by atoms with Gasteiger partial charge >= 0.3 is 0 Å². The molecule has 0 aliphatic rings. The number of hydrogen-bond acceptors (Lipinski definition) is 4. The minimum absolute atomic E-state index is 0.0483. The quantitative estimate of drug-likeness (QED) is 0.668. The van der Waals surface area contributed by atoms with E-state index in [4.69, 9.17) is 0 Å². The van der Waals surface area contributed by atoms with Gasteiger partial charge in [0.15, 0.2) is 0 Å². The van der Waals surface area contributed by atoms with E-state index in [1.807, 2.05) is 6.92 Å². The fraction of sp³-hybridized carbons (Fsp3) is 0.200. The fourth-order valence-corrected chi connectivity index (χ4v) is 2.06. The van der Waals surface area contributed by atoms with Crippen molar-refractivity contribution in [3.63, 3.8) is 0 Å². The van der Waals surface area contributed by atoms with Crippen LogP contribution in [0.3, 0.4) is 0 Å². The molecule has 2 N–H and O–H groups in total. The first-order valence-corrected chi connectivity index (χ1v) is 6.71. The second-order valence-corrected chi connectivity index (χ2v) is 4.79. The van der Waals surface area contributed by atoms with Crippen LogP contribution in [0, 0.1) is 17.0 Å². The Morgan fingerprint density at radius 2 is 2.05 bits per heavy atom. The van der Waals surface area contributed by atoms with Crippen LogP contribution < -0.4 is 10.9 Å². The van der Waals surface area contributed by atoms with E-state index in [1.54, 1.807) is 25.1 Å². The second-order valence-electron chi connectivity index (χ2n) is 4.79. The molecule has 2 aromatic rings. The lowest BCUT2D eigenvalue weighted by molar-refractivity contribution is -0.385. The van der Waals surface area contributed by atoms with Crippen molar-refractivity contribution in [2.24, 2.45) is 0 Å². The van der Waals surface area contributed by atoms with Crippen molar-refractivity contribution < 1.29 is 9.72 Å². The monoisotopic (exact) mass is 301 g/mol. The zero-order valence-corrected chi connectivity index (χ0v) is 12.2. The standard InChI is InChI=1S/C15H15N3O4/c1-3-10-5-6-11(8-13(10)18(21)22)17-15(20)12-7-4-9(2)16-14(12)19/h4-8H,3H2,1-2H3,(H,16,19)(H,17,20). The lowest BCUT2D eigenvalue weighted by atomic mass is 10.1. The van der Waals surface area contributed by atoms with E-state index in [-0.39, 0.29) is 16.9 Å². The van der Waals surface area contributed by atoms with E-state index in [1.165, 1.54) is 12.1 Å². The van der Waals surface area contributed by atoms with Crippen LogP contribution in [0.2, 0.25) is 0 Å². The predicted molar refractivity (Wildman–Crippen MR) is 82.2 cm³/mol. The molecule has 0 atom stereocenters. The third kappa shape index (κ3) is 3.20. The molecule has 0 bridgehead atoms. The zero-order valence-electron chi connectivity index (χ0n) is 12.2. The molecule has 7 nitrogen and oxygen atoms in total. The van der Waals surface area contributed by atoms with Crippen LogP contribution in [0.4, 0.5) is 11.4 Å². The zero-order chi connectivity index (χ0) is 16.3. The molecule has 0 spiro atoms. The van der Waals surface area contributed by atoms with Crippen LogP contribution in [-0.2, 0) is 6.42 Å². The van der Waals surface area contributed by atoms with Crippen molar-refractivity contribution in [1.29, 1.82) is 0 Å². The van der Waals surface area contributed by atoms with Crippen molar-refractivity contribution in [2.45, 2.75) is 20.3 Å². The second kappa shape index (κ2) is 6.21. The largest absolute Gasteiger partial charge is 0.326 e. The summed E-state index contributed by atoms with van der Waals surface area (Å²) in [7, 11) is 0. The van der Waals surface area contributed by atoms with Crippen molar-refractivity contribution in [3.8, 4) is 0 Å². The number of pyridine rings is 1. The van der Waals surface area contributed by atoms with Gasteiger partial charge in [0.1, 0.15) is 5.56 Å². The number of anilines is 1. The summed E-state index contributed by atoms with van der Waals surface area (Å²) in [6.07, 6.45) is 0.516. The van der Waals surface area contributed by atoms with E-state index in [0.717, 1.165) is 0 Å². The van der Waals surface area contributed by atoms with E-state index in [9.17, 15) is 19.7 Å². The highest BCUT2D eigenvalue weighted by atomic mass is 16.6. The molecule has 7 heteroatoms. The van der Waals surface area contributed by atoms with E-state index >= 15 is 0 Å². The van der Waals surface area contributed by atoms with Crippen LogP contribution in [0.15, 0.2) is 35.1 Å². The molecule has 0 fully saturated rings. The van der Waals surface area contributed by atoms with Gasteiger partial charge in [0.05, 0.1) is 4.92 Å². The number of aryl methyl sites for hydroxylation is 2. The summed E-state index contributed by atoms with van der Waals surface area (Å²) in [4.78, 5) is 36.9. The number of carbonyl (C=O) groups excluding carboxylic acids is 1. The maximum absolute atomic E-state index is 12.1. The lowest BCUT2D eigenvalue weighted by Gasteiger charge is -2.07. The summed E-state index contributed by atoms with van der Waals surface area (Å²) in [6.45, 7) is 3.52. The lowest BCUT2D eigenvalue weighted by Crippen LogP contribution is -2.23. The van der Waals surface area contributed by atoms with E-state index < -0.39 is 16.4 Å². The number of nitrogens with one attached hydrogen (secondary N) is 2. The number of nitro groups is 1. The minimum Gasteiger partial charge on any atom is -0.326 e. The molecule has 22 heavy (non-hydrogen) atoms. The number of benzene rings is 1.